The van der Waals surface area contributed by atoms with Crippen LogP contribution in [0, 0.1) is 0 Å². The summed E-state index contributed by atoms with van der Waals surface area (Å²) in [6, 6.07) is 0. The average molecular weight is 201 g/mol. The van der Waals surface area contributed by atoms with Crippen molar-refractivity contribution in [1.29, 1.82) is 0 Å². The van der Waals surface area contributed by atoms with E-state index in [2.05, 4.69) is 0 Å². The average Bonchev–Trinajstić information content (AvgIpc) is 2.08. The molecule has 0 aliphatic rings. The molecular formula is C10H18O4. The van der Waals surface area contributed by atoms with Crippen molar-refractivity contribution < 1.29 is 19.8 Å². The molecule has 0 saturated heterocycles. The summed E-state index contributed by atoms with van der Waals surface area (Å²) in [6.07, 6.45) is 5.82. The summed E-state index contributed by atoms with van der Waals surface area (Å²) >= 11 is 0. The van der Waals surface area contributed by atoms with Crippen LogP contribution in [0.2, 0.25) is 0 Å². The van der Waals surface area contributed by atoms with Crippen LogP contribution in [0.3, 0.4) is 0 Å². The predicted molar refractivity (Wildman–Crippen MR) is 52.2 cm³/mol. The van der Waals surface area contributed by atoms with E-state index in [0.717, 1.165) is 38.5 Å². The molecule has 0 rings (SSSR count). The van der Waals surface area contributed by atoms with E-state index in [0.29, 0.717) is 0 Å². The Kier molecular flexibility index (Phi) is 7.89. The fourth-order valence-corrected chi connectivity index (χ4v) is 1.26. The predicted octanol–water partition coefficient (Wildman–Crippen LogP) is 2.28. The molecule has 0 spiro atoms. The second-order valence-corrected chi connectivity index (χ2v) is 3.41. The van der Waals surface area contributed by atoms with Gasteiger partial charge in [0.25, 0.3) is 0 Å². The zero-order valence-electron chi connectivity index (χ0n) is 8.37. The molecule has 0 fully saturated rings. The van der Waals surface area contributed by atoms with Crippen molar-refractivity contribution in [2.75, 3.05) is 0 Å². The second-order valence-electron chi connectivity index (χ2n) is 3.41. The van der Waals surface area contributed by atoms with E-state index in [9.17, 15) is 9.59 Å². The molecule has 0 radical (unpaired) electrons. The fourth-order valence-electron chi connectivity index (χ4n) is 1.26. The summed E-state index contributed by atoms with van der Waals surface area (Å²) < 4.78 is 0. The lowest BCUT2D eigenvalue weighted by Gasteiger charge is -1.98. The Morgan fingerprint density at radius 2 is 0.929 bits per heavy atom. The normalized spacial score (nSPS) is 10.0. The van der Waals surface area contributed by atoms with Gasteiger partial charge in [0, 0.05) is 12.8 Å². The molecule has 0 unspecified atom stereocenters. The number of hydrogen-bond acceptors (Lipinski definition) is 2. The summed E-state index contributed by atoms with van der Waals surface area (Å²) in [4.78, 5) is 20.3. The molecule has 4 heteroatoms. The maximum atomic E-state index is 10.1. The smallest absolute Gasteiger partial charge is 0.303 e. The second kappa shape index (κ2) is 8.53. The first-order valence-corrected chi connectivity index (χ1v) is 5.06. The quantitative estimate of drug-likeness (QED) is 0.561. The summed E-state index contributed by atoms with van der Waals surface area (Å²) in [7, 11) is 0. The van der Waals surface area contributed by atoms with Crippen molar-refractivity contribution in [2.45, 2.75) is 51.4 Å². The summed E-state index contributed by atoms with van der Waals surface area (Å²) in [6.45, 7) is 0. The van der Waals surface area contributed by atoms with Crippen LogP contribution >= 0.6 is 0 Å². The van der Waals surface area contributed by atoms with E-state index in [1.807, 2.05) is 0 Å². The van der Waals surface area contributed by atoms with E-state index < -0.39 is 11.9 Å². The Morgan fingerprint density at radius 3 is 1.21 bits per heavy atom. The number of rotatable bonds is 9. The minimum atomic E-state index is -0.740. The van der Waals surface area contributed by atoms with Crippen LogP contribution in [0.4, 0.5) is 0 Å². The maximum Gasteiger partial charge on any atom is 0.303 e. The number of hydrogen-bond donors (Lipinski definition) is 2. The standard InChI is InChI=1S/C10H18O4/c11-9(12)7-5-3-1-2-4-6-8-10(13)14/h1-8H2,(H,11,12)(H,13,14)/i9-1. The van der Waals surface area contributed by atoms with Gasteiger partial charge < -0.3 is 10.2 Å². The number of unbranched alkanes of at least 4 members (excludes halogenated alkanes) is 5. The lowest BCUT2D eigenvalue weighted by Crippen LogP contribution is -1.94. The number of aliphatic carboxylic acids is 2. The van der Waals surface area contributed by atoms with Gasteiger partial charge in [0.1, 0.15) is 0 Å². The molecule has 14 heavy (non-hydrogen) atoms. The van der Waals surface area contributed by atoms with Crippen molar-refractivity contribution in [2.24, 2.45) is 0 Å². The molecule has 0 atom stereocenters. The van der Waals surface area contributed by atoms with Crippen molar-refractivity contribution in [1.82, 2.24) is 0 Å². The number of carbonyl (C=O) groups is 2. The Hall–Kier alpha value is -1.06. The lowest BCUT2D eigenvalue weighted by atomic mass is 9.96. The van der Waals surface area contributed by atoms with E-state index in [1.165, 1.54) is 0 Å². The topological polar surface area (TPSA) is 74.6 Å². The zero-order chi connectivity index (χ0) is 10.8. The Bertz CT molecular complexity index is 157. The number of carboxylic acids is 2. The van der Waals surface area contributed by atoms with Crippen LogP contribution < -0.4 is 0 Å². The van der Waals surface area contributed by atoms with Gasteiger partial charge in [-0.15, -0.1) is 0 Å². The summed E-state index contributed by atoms with van der Waals surface area (Å²) in [5.41, 5.74) is 0. The van der Waals surface area contributed by atoms with Gasteiger partial charge >= 0.3 is 11.9 Å². The molecule has 0 heterocycles. The Balaban J connectivity index is 2.99. The van der Waals surface area contributed by atoms with Gasteiger partial charge in [0.05, 0.1) is 0 Å². The van der Waals surface area contributed by atoms with E-state index in [-0.39, 0.29) is 12.8 Å². The highest BCUT2D eigenvalue weighted by Crippen LogP contribution is 2.08. The van der Waals surface area contributed by atoms with Crippen LogP contribution in [0.15, 0.2) is 0 Å². The van der Waals surface area contributed by atoms with Gasteiger partial charge in [-0.3, -0.25) is 9.59 Å². The minimum absolute atomic E-state index is 0.245. The van der Waals surface area contributed by atoms with Crippen LogP contribution in [0.5, 0.6) is 0 Å². The lowest BCUT2D eigenvalue weighted by molar-refractivity contribution is -0.138. The van der Waals surface area contributed by atoms with E-state index in [4.69, 9.17) is 10.2 Å². The molecule has 0 aliphatic carbocycles. The van der Waals surface area contributed by atoms with Gasteiger partial charge in [0.15, 0.2) is 0 Å². The van der Waals surface area contributed by atoms with Crippen molar-refractivity contribution in [3.63, 3.8) is 0 Å². The van der Waals surface area contributed by atoms with Gasteiger partial charge in [-0.2, -0.15) is 0 Å². The van der Waals surface area contributed by atoms with Crippen LogP contribution in [0.1, 0.15) is 51.4 Å². The molecular weight excluding hydrogens is 183 g/mol. The molecule has 2 N–H and O–H groups in total. The molecule has 0 aromatic carbocycles. The SMILES string of the molecule is O=C(O)CCCCCCCC[11C](=O)O. The van der Waals surface area contributed by atoms with Gasteiger partial charge in [-0.25, -0.2) is 0 Å². The van der Waals surface area contributed by atoms with Gasteiger partial charge in [0.2, 0.25) is 0 Å². The highest BCUT2D eigenvalue weighted by molar-refractivity contribution is 5.66. The third-order valence-corrected chi connectivity index (χ3v) is 2.03. The molecule has 82 valence electrons. The maximum absolute atomic E-state index is 10.1. The Morgan fingerprint density at radius 1 is 0.643 bits per heavy atom. The molecule has 0 aromatic heterocycles. The molecule has 0 aromatic rings. The van der Waals surface area contributed by atoms with Crippen molar-refractivity contribution in [3.8, 4) is 0 Å². The summed E-state index contributed by atoms with van der Waals surface area (Å²) in [5.74, 6) is -1.48. The minimum Gasteiger partial charge on any atom is -0.481 e. The van der Waals surface area contributed by atoms with E-state index in [1.54, 1.807) is 0 Å². The molecule has 0 bridgehead atoms. The Labute approximate surface area is 83.9 Å². The van der Waals surface area contributed by atoms with Crippen LogP contribution in [-0.4, -0.2) is 22.2 Å². The van der Waals surface area contributed by atoms with Crippen molar-refractivity contribution in [3.05, 3.63) is 0 Å². The fraction of sp³-hybridized carbons (Fsp3) is 0.800. The summed E-state index contributed by atoms with van der Waals surface area (Å²) in [5, 5.41) is 16.7. The highest BCUT2D eigenvalue weighted by Gasteiger charge is 1.98. The first kappa shape index (κ1) is 12.9. The molecule has 0 saturated carbocycles. The molecule has 0 amide bonds. The van der Waals surface area contributed by atoms with Gasteiger partial charge in [-0.1, -0.05) is 25.7 Å². The molecule has 4 nitrogen and oxygen atoms in total. The van der Waals surface area contributed by atoms with Crippen molar-refractivity contribution >= 4 is 11.9 Å². The van der Waals surface area contributed by atoms with Crippen LogP contribution in [-0.2, 0) is 9.59 Å². The number of carboxylic acid groups (broad SMARTS) is 2. The third kappa shape index (κ3) is 10.9. The first-order chi connectivity index (χ1) is 6.63. The van der Waals surface area contributed by atoms with Gasteiger partial charge in [-0.05, 0) is 12.8 Å². The van der Waals surface area contributed by atoms with E-state index >= 15 is 0 Å². The molecule has 0 aliphatic heterocycles. The zero-order valence-corrected chi connectivity index (χ0v) is 8.37. The third-order valence-electron chi connectivity index (χ3n) is 2.03. The largest absolute Gasteiger partial charge is 0.481 e. The first-order valence-electron chi connectivity index (χ1n) is 5.06. The van der Waals surface area contributed by atoms with Crippen LogP contribution in [0.25, 0.3) is 0 Å². The highest BCUT2D eigenvalue weighted by atomic mass is 16.4. The monoisotopic (exact) mass is 201 g/mol.